The Hall–Kier alpha value is -0.630. The molecule has 0 radical (unpaired) electrons. The summed E-state index contributed by atoms with van der Waals surface area (Å²) in [5, 5.41) is 0. The molecule has 0 atom stereocenters. The number of unbranched alkanes of at least 4 members (excludes halogenated alkanes) is 10. The molecule has 0 amide bonds. The zero-order valence-corrected chi connectivity index (χ0v) is 18.1. The molecule has 1 rings (SSSR count). The summed E-state index contributed by atoms with van der Waals surface area (Å²) in [5.74, 6) is 0. The van der Waals surface area contributed by atoms with Gasteiger partial charge < -0.3 is 9.05 Å². The Balaban J connectivity index is 0.000000867. The van der Waals surface area contributed by atoms with Crippen molar-refractivity contribution in [1.82, 2.24) is 0 Å². The number of hydrogen-bond acceptors (Lipinski definition) is 3. The van der Waals surface area contributed by atoms with Gasteiger partial charge in [0.05, 0.1) is 13.2 Å². The van der Waals surface area contributed by atoms with Gasteiger partial charge in [0.1, 0.15) is 0 Å². The van der Waals surface area contributed by atoms with Gasteiger partial charge in [-0.05, 0) is 12.8 Å². The second kappa shape index (κ2) is 22.4. The zero-order chi connectivity index (χ0) is 19.1. The largest absolute Gasteiger partial charge is 0.319 e. The van der Waals surface area contributed by atoms with E-state index in [9.17, 15) is 4.57 Å². The fraction of sp³-hybridized carbons (Fsp3) is 0.727. The highest BCUT2D eigenvalue weighted by Gasteiger charge is 1.99. The van der Waals surface area contributed by atoms with Crippen molar-refractivity contribution in [1.29, 1.82) is 0 Å². The first-order valence-electron chi connectivity index (χ1n) is 10.6. The van der Waals surface area contributed by atoms with Crippen molar-refractivity contribution < 1.29 is 13.6 Å². The van der Waals surface area contributed by atoms with Crippen LogP contribution in [-0.4, -0.2) is 13.2 Å². The minimum atomic E-state index is -2.23. The Morgan fingerprint density at radius 2 is 0.846 bits per heavy atom. The quantitative estimate of drug-likeness (QED) is 0.215. The number of benzene rings is 1. The molecule has 0 N–H and O–H groups in total. The van der Waals surface area contributed by atoms with Crippen LogP contribution >= 0.6 is 8.25 Å². The maximum atomic E-state index is 11.5. The maximum Gasteiger partial charge on any atom is 0.319 e. The third-order valence-electron chi connectivity index (χ3n) is 4.10. The topological polar surface area (TPSA) is 35.5 Å². The van der Waals surface area contributed by atoms with E-state index >= 15 is 0 Å². The van der Waals surface area contributed by atoms with E-state index < -0.39 is 8.25 Å². The number of rotatable bonds is 16. The molecule has 152 valence electrons. The third kappa shape index (κ3) is 21.4. The second-order valence-electron chi connectivity index (χ2n) is 6.64. The van der Waals surface area contributed by atoms with E-state index in [1.807, 2.05) is 36.4 Å². The van der Waals surface area contributed by atoms with Gasteiger partial charge in [0, 0.05) is 0 Å². The van der Waals surface area contributed by atoms with Gasteiger partial charge in [-0.1, -0.05) is 114 Å². The molecule has 1 aromatic rings. The zero-order valence-electron chi connectivity index (χ0n) is 17.1. The SMILES string of the molecule is CCCCCCCCO[PH](=O)OCCCCCCCC.c1ccccc1. The summed E-state index contributed by atoms with van der Waals surface area (Å²) in [6.07, 6.45) is 14.7. The molecular formula is C22H41O3P. The van der Waals surface area contributed by atoms with Gasteiger partial charge in [-0.25, -0.2) is 0 Å². The lowest BCUT2D eigenvalue weighted by Gasteiger charge is -2.06. The highest BCUT2D eigenvalue weighted by molar-refractivity contribution is 7.33. The lowest BCUT2D eigenvalue weighted by molar-refractivity contribution is 0.218. The molecule has 0 unspecified atom stereocenters. The van der Waals surface area contributed by atoms with Crippen molar-refractivity contribution in [2.24, 2.45) is 0 Å². The summed E-state index contributed by atoms with van der Waals surface area (Å²) >= 11 is 0. The maximum absolute atomic E-state index is 11.5. The Kier molecular flexibility index (Phi) is 21.9. The molecule has 3 nitrogen and oxygen atoms in total. The van der Waals surface area contributed by atoms with Crippen LogP contribution in [0.3, 0.4) is 0 Å². The molecule has 1 aromatic carbocycles. The Bertz CT molecular complexity index is 338. The molecule has 0 fully saturated rings. The smallest absolute Gasteiger partial charge is 0.311 e. The Labute approximate surface area is 162 Å². The molecule has 0 aliphatic heterocycles. The van der Waals surface area contributed by atoms with E-state index in [4.69, 9.17) is 9.05 Å². The van der Waals surface area contributed by atoms with Crippen LogP contribution in [0.1, 0.15) is 90.9 Å². The highest BCUT2D eigenvalue weighted by atomic mass is 31.1. The van der Waals surface area contributed by atoms with Gasteiger partial charge in [0.15, 0.2) is 0 Å². The monoisotopic (exact) mass is 384 g/mol. The molecule has 0 spiro atoms. The summed E-state index contributed by atoms with van der Waals surface area (Å²) in [6.45, 7) is 5.60. The molecule has 4 heteroatoms. The predicted molar refractivity (Wildman–Crippen MR) is 114 cm³/mol. The molecule has 0 heterocycles. The molecular weight excluding hydrogens is 343 g/mol. The van der Waals surface area contributed by atoms with Gasteiger partial charge in [0.2, 0.25) is 0 Å². The first kappa shape index (κ1) is 25.4. The van der Waals surface area contributed by atoms with Gasteiger partial charge in [-0.15, -0.1) is 0 Å². The van der Waals surface area contributed by atoms with Crippen LogP contribution in [0.2, 0.25) is 0 Å². The van der Waals surface area contributed by atoms with Crippen LogP contribution in [0.15, 0.2) is 36.4 Å². The average molecular weight is 385 g/mol. The lowest BCUT2D eigenvalue weighted by atomic mass is 10.1. The molecule has 0 saturated carbocycles. The summed E-state index contributed by atoms with van der Waals surface area (Å²) in [7, 11) is -2.23. The molecule has 0 aromatic heterocycles. The van der Waals surface area contributed by atoms with E-state index in [1.165, 1.54) is 64.2 Å². The van der Waals surface area contributed by atoms with Crippen molar-refractivity contribution in [2.75, 3.05) is 13.2 Å². The fourth-order valence-corrected chi connectivity index (χ4v) is 3.21. The van der Waals surface area contributed by atoms with Crippen LogP contribution in [0.5, 0.6) is 0 Å². The Morgan fingerprint density at radius 1 is 0.538 bits per heavy atom. The van der Waals surface area contributed by atoms with E-state index in [0.29, 0.717) is 13.2 Å². The van der Waals surface area contributed by atoms with Gasteiger partial charge in [0.25, 0.3) is 0 Å². The van der Waals surface area contributed by atoms with Crippen molar-refractivity contribution in [3.8, 4) is 0 Å². The van der Waals surface area contributed by atoms with Gasteiger partial charge >= 0.3 is 8.25 Å². The van der Waals surface area contributed by atoms with Crippen molar-refractivity contribution in [3.05, 3.63) is 36.4 Å². The van der Waals surface area contributed by atoms with Gasteiger partial charge in [-0.2, -0.15) is 0 Å². The molecule has 0 saturated heterocycles. The number of hydrogen-bond donors (Lipinski definition) is 0. The van der Waals surface area contributed by atoms with Crippen LogP contribution in [0.4, 0.5) is 0 Å². The Morgan fingerprint density at radius 3 is 1.19 bits per heavy atom. The highest BCUT2D eigenvalue weighted by Crippen LogP contribution is 2.24. The molecule has 26 heavy (non-hydrogen) atoms. The second-order valence-corrected chi connectivity index (χ2v) is 7.71. The van der Waals surface area contributed by atoms with E-state index in [0.717, 1.165) is 12.8 Å². The van der Waals surface area contributed by atoms with Crippen LogP contribution in [-0.2, 0) is 13.6 Å². The fourth-order valence-electron chi connectivity index (χ4n) is 2.50. The van der Waals surface area contributed by atoms with E-state index in [-0.39, 0.29) is 0 Å². The minimum absolute atomic E-state index is 0.584. The normalized spacial score (nSPS) is 10.6. The summed E-state index contributed by atoms with van der Waals surface area (Å²) in [5.41, 5.74) is 0. The van der Waals surface area contributed by atoms with E-state index in [2.05, 4.69) is 13.8 Å². The first-order chi connectivity index (χ1) is 12.8. The van der Waals surface area contributed by atoms with Crippen LogP contribution in [0, 0.1) is 0 Å². The van der Waals surface area contributed by atoms with E-state index in [1.54, 1.807) is 0 Å². The summed E-state index contributed by atoms with van der Waals surface area (Å²) in [4.78, 5) is 0. The predicted octanol–water partition coefficient (Wildman–Crippen LogP) is 7.82. The van der Waals surface area contributed by atoms with Crippen molar-refractivity contribution in [2.45, 2.75) is 90.9 Å². The van der Waals surface area contributed by atoms with Crippen LogP contribution < -0.4 is 0 Å². The van der Waals surface area contributed by atoms with Crippen LogP contribution in [0.25, 0.3) is 0 Å². The van der Waals surface area contributed by atoms with Crippen molar-refractivity contribution in [3.63, 3.8) is 0 Å². The standard InChI is InChI=1S/C16H35O3P.C6H6/c1-3-5-7-9-11-13-15-18-20(17)19-16-14-12-10-8-6-4-2;1-2-4-6-5-3-1/h20H,3-16H2,1-2H3;1-6H. The first-order valence-corrected chi connectivity index (χ1v) is 11.8. The minimum Gasteiger partial charge on any atom is -0.311 e. The summed E-state index contributed by atoms with van der Waals surface area (Å²) < 4.78 is 21.9. The summed E-state index contributed by atoms with van der Waals surface area (Å²) in [6, 6.07) is 12.0. The van der Waals surface area contributed by atoms with Gasteiger partial charge in [-0.3, -0.25) is 4.57 Å². The average Bonchev–Trinajstić information content (AvgIpc) is 2.68. The molecule has 0 aliphatic carbocycles. The molecule has 0 aliphatic rings. The van der Waals surface area contributed by atoms with Crippen molar-refractivity contribution >= 4 is 8.25 Å². The third-order valence-corrected chi connectivity index (χ3v) is 4.98. The lowest BCUT2D eigenvalue weighted by Crippen LogP contribution is -1.92. The molecule has 0 bridgehead atoms.